The van der Waals surface area contributed by atoms with Gasteiger partial charge >= 0.3 is 0 Å². The molecule has 0 aliphatic heterocycles. The van der Waals surface area contributed by atoms with Crippen molar-refractivity contribution in [2.75, 3.05) is 4.90 Å². The molecule has 0 unspecified atom stereocenters. The van der Waals surface area contributed by atoms with Gasteiger partial charge in [-0.3, -0.25) is 0 Å². The molecule has 1 heteroatoms. The first kappa shape index (κ1) is 37.5. The molecule has 0 saturated carbocycles. The van der Waals surface area contributed by atoms with E-state index in [0.717, 1.165) is 11.4 Å². The maximum atomic E-state index is 2.63. The number of hydrogen-bond acceptors (Lipinski definition) is 1. The highest BCUT2D eigenvalue weighted by Crippen LogP contribution is 2.68. The number of rotatable bonds is 6. The standard InChI is InChI=1S/C64H45N/c1-63(2)54-27-15-14-26-52(54)60-58(63)41-59-61(53-40-47(44-22-10-5-11-23-44)34-39-57(53)64(59)55-28-16-12-24-50(55)51-25-13-17-29-56(51)64)62(60)65(48-35-30-45(31-36-48)42-18-6-3-7-19-42)49-37-32-46(33-38-49)43-20-8-4-9-21-43/h3-41H,1-2H3. The van der Waals surface area contributed by atoms with Crippen LogP contribution in [-0.4, -0.2) is 0 Å². The molecule has 0 aromatic heterocycles. The molecule has 0 amide bonds. The van der Waals surface area contributed by atoms with E-state index in [0.29, 0.717) is 0 Å². The van der Waals surface area contributed by atoms with Crippen LogP contribution in [0.1, 0.15) is 47.2 Å². The average molecular weight is 828 g/mol. The zero-order chi connectivity index (χ0) is 43.3. The van der Waals surface area contributed by atoms with Crippen LogP contribution in [0.4, 0.5) is 17.1 Å². The summed E-state index contributed by atoms with van der Waals surface area (Å²) in [5.74, 6) is 0. The van der Waals surface area contributed by atoms with Crippen LogP contribution in [0.5, 0.6) is 0 Å². The Morgan fingerprint density at radius 2 is 0.662 bits per heavy atom. The van der Waals surface area contributed by atoms with Gasteiger partial charge in [0.15, 0.2) is 0 Å². The molecule has 10 aromatic rings. The molecule has 13 rings (SSSR count). The van der Waals surface area contributed by atoms with Gasteiger partial charge in [-0.2, -0.15) is 0 Å². The highest BCUT2D eigenvalue weighted by Gasteiger charge is 2.54. The molecule has 0 fully saturated rings. The summed E-state index contributed by atoms with van der Waals surface area (Å²) < 4.78 is 0. The highest BCUT2D eigenvalue weighted by atomic mass is 15.1. The van der Waals surface area contributed by atoms with E-state index in [1.165, 1.54) is 106 Å². The molecular formula is C64H45N. The summed E-state index contributed by atoms with van der Waals surface area (Å²) in [5, 5.41) is 0. The maximum Gasteiger partial charge on any atom is 0.0726 e. The molecule has 306 valence electrons. The SMILES string of the molecule is CC1(C)c2ccccc2-c2c1cc1c(c2N(c2ccc(-c3ccccc3)cc2)c2ccc(-c3ccccc3)cc2)-c2cc(-c3ccccc3)ccc2C12c1ccccc1-c1ccccc12. The van der Waals surface area contributed by atoms with Gasteiger partial charge in [-0.15, -0.1) is 0 Å². The topological polar surface area (TPSA) is 3.24 Å². The van der Waals surface area contributed by atoms with Crippen molar-refractivity contribution in [2.45, 2.75) is 24.7 Å². The molecule has 10 aromatic carbocycles. The first-order valence-electron chi connectivity index (χ1n) is 22.8. The van der Waals surface area contributed by atoms with Gasteiger partial charge in [0.2, 0.25) is 0 Å². The minimum Gasteiger partial charge on any atom is -0.309 e. The quantitative estimate of drug-likeness (QED) is 0.161. The Bertz CT molecular complexity index is 3340. The summed E-state index contributed by atoms with van der Waals surface area (Å²) >= 11 is 0. The second-order valence-electron chi connectivity index (χ2n) is 18.4. The summed E-state index contributed by atoms with van der Waals surface area (Å²) in [6.07, 6.45) is 0. The van der Waals surface area contributed by atoms with Crippen molar-refractivity contribution < 1.29 is 0 Å². The van der Waals surface area contributed by atoms with Gasteiger partial charge in [-0.05, 0) is 119 Å². The zero-order valence-corrected chi connectivity index (χ0v) is 36.5. The van der Waals surface area contributed by atoms with Gasteiger partial charge in [0.1, 0.15) is 0 Å². The molecule has 0 N–H and O–H groups in total. The van der Waals surface area contributed by atoms with E-state index >= 15 is 0 Å². The number of nitrogens with zero attached hydrogens (tertiary/aromatic N) is 1. The van der Waals surface area contributed by atoms with Crippen molar-refractivity contribution in [3.8, 4) is 66.8 Å². The van der Waals surface area contributed by atoms with Crippen LogP contribution >= 0.6 is 0 Å². The van der Waals surface area contributed by atoms with E-state index in [2.05, 4.69) is 255 Å². The van der Waals surface area contributed by atoms with E-state index in [4.69, 9.17) is 0 Å². The Hall–Kier alpha value is -8.00. The minimum absolute atomic E-state index is 0.265. The smallest absolute Gasteiger partial charge is 0.0726 e. The third-order valence-corrected chi connectivity index (χ3v) is 14.7. The van der Waals surface area contributed by atoms with Crippen molar-refractivity contribution in [1.82, 2.24) is 0 Å². The minimum atomic E-state index is -0.540. The van der Waals surface area contributed by atoms with E-state index < -0.39 is 5.41 Å². The normalized spacial score (nSPS) is 13.9. The first-order valence-corrected chi connectivity index (χ1v) is 22.8. The molecule has 0 saturated heterocycles. The average Bonchev–Trinajstić information content (AvgIpc) is 3.93. The van der Waals surface area contributed by atoms with Gasteiger partial charge in [0, 0.05) is 27.9 Å². The van der Waals surface area contributed by atoms with Gasteiger partial charge in [0.05, 0.1) is 11.1 Å². The lowest BCUT2D eigenvalue weighted by molar-refractivity contribution is 0.657. The fraction of sp³-hybridized carbons (Fsp3) is 0.0625. The van der Waals surface area contributed by atoms with E-state index in [9.17, 15) is 0 Å². The van der Waals surface area contributed by atoms with Crippen molar-refractivity contribution in [1.29, 1.82) is 0 Å². The van der Waals surface area contributed by atoms with E-state index in [1.807, 2.05) is 0 Å². The summed E-state index contributed by atoms with van der Waals surface area (Å²) in [7, 11) is 0. The largest absolute Gasteiger partial charge is 0.309 e. The number of fused-ring (bicyclic) bond motifs is 13. The molecule has 3 aliphatic rings. The Labute approximate surface area is 381 Å². The summed E-state index contributed by atoms with van der Waals surface area (Å²) in [6, 6.07) is 88.3. The van der Waals surface area contributed by atoms with Crippen LogP contribution in [0.25, 0.3) is 66.8 Å². The fourth-order valence-electron chi connectivity index (χ4n) is 11.7. The number of hydrogen-bond donors (Lipinski definition) is 0. The lowest BCUT2D eigenvalue weighted by atomic mass is 9.69. The molecule has 1 spiro atoms. The third kappa shape index (κ3) is 5.39. The predicted octanol–water partition coefficient (Wildman–Crippen LogP) is 16.8. The Morgan fingerprint density at radius 1 is 0.277 bits per heavy atom. The van der Waals surface area contributed by atoms with Gasteiger partial charge in [-0.1, -0.05) is 220 Å². The van der Waals surface area contributed by atoms with Crippen molar-refractivity contribution in [2.24, 2.45) is 0 Å². The van der Waals surface area contributed by atoms with Crippen LogP contribution in [0, 0.1) is 0 Å². The van der Waals surface area contributed by atoms with Crippen molar-refractivity contribution in [3.05, 3.63) is 270 Å². The highest BCUT2D eigenvalue weighted by molar-refractivity contribution is 6.09. The monoisotopic (exact) mass is 827 g/mol. The molecule has 0 atom stereocenters. The second kappa shape index (κ2) is 14.3. The molecule has 0 bridgehead atoms. The van der Waals surface area contributed by atoms with Crippen LogP contribution < -0.4 is 4.90 Å². The zero-order valence-electron chi connectivity index (χ0n) is 36.5. The molecular weight excluding hydrogens is 783 g/mol. The molecule has 0 heterocycles. The van der Waals surface area contributed by atoms with Gasteiger partial charge in [-0.25, -0.2) is 0 Å². The van der Waals surface area contributed by atoms with Crippen LogP contribution in [-0.2, 0) is 10.8 Å². The second-order valence-corrected chi connectivity index (χ2v) is 18.4. The fourth-order valence-corrected chi connectivity index (χ4v) is 11.7. The summed E-state index contributed by atoms with van der Waals surface area (Å²) in [6.45, 7) is 4.86. The summed E-state index contributed by atoms with van der Waals surface area (Å²) in [5.41, 5.74) is 25.7. The third-order valence-electron chi connectivity index (χ3n) is 14.7. The van der Waals surface area contributed by atoms with Crippen LogP contribution in [0.3, 0.4) is 0 Å². The Morgan fingerprint density at radius 3 is 1.18 bits per heavy atom. The van der Waals surface area contributed by atoms with Gasteiger partial charge < -0.3 is 4.90 Å². The lowest BCUT2D eigenvalue weighted by Gasteiger charge is -2.34. The lowest BCUT2D eigenvalue weighted by Crippen LogP contribution is -2.27. The maximum absolute atomic E-state index is 2.63. The molecule has 1 nitrogen and oxygen atoms in total. The molecule has 0 radical (unpaired) electrons. The van der Waals surface area contributed by atoms with E-state index in [1.54, 1.807) is 0 Å². The number of benzene rings is 10. The first-order chi connectivity index (χ1) is 32.0. The Balaban J connectivity index is 1.19. The summed E-state index contributed by atoms with van der Waals surface area (Å²) in [4.78, 5) is 2.59. The van der Waals surface area contributed by atoms with Crippen LogP contribution in [0.2, 0.25) is 0 Å². The van der Waals surface area contributed by atoms with E-state index in [-0.39, 0.29) is 5.41 Å². The number of anilines is 3. The van der Waals surface area contributed by atoms with Gasteiger partial charge in [0.25, 0.3) is 0 Å². The predicted molar refractivity (Wildman–Crippen MR) is 271 cm³/mol. The van der Waals surface area contributed by atoms with Crippen LogP contribution in [0.15, 0.2) is 237 Å². The van der Waals surface area contributed by atoms with Crippen molar-refractivity contribution in [3.63, 3.8) is 0 Å². The molecule has 3 aliphatic carbocycles. The Kier molecular flexibility index (Phi) is 8.24. The molecule has 65 heavy (non-hydrogen) atoms. The van der Waals surface area contributed by atoms with Crippen molar-refractivity contribution >= 4 is 17.1 Å².